The summed E-state index contributed by atoms with van der Waals surface area (Å²) >= 11 is 1.54. The number of fused-ring (bicyclic) bond motifs is 1. The number of benzene rings is 2. The molecule has 31 heavy (non-hydrogen) atoms. The highest BCUT2D eigenvalue weighted by Crippen LogP contribution is 2.36. The highest BCUT2D eigenvalue weighted by Gasteiger charge is 2.31. The van der Waals surface area contributed by atoms with Crippen LogP contribution in [0.5, 0.6) is 5.75 Å². The maximum atomic E-state index is 12.1. The van der Waals surface area contributed by atoms with Crippen LogP contribution >= 0.6 is 11.3 Å². The number of hydrogen-bond acceptors (Lipinski definition) is 8. The average Bonchev–Trinajstić information content (AvgIpc) is 3.22. The van der Waals surface area contributed by atoms with Crippen molar-refractivity contribution in [3.8, 4) is 16.2 Å². The van der Waals surface area contributed by atoms with Gasteiger partial charge in [-0.15, -0.1) is 11.3 Å². The summed E-state index contributed by atoms with van der Waals surface area (Å²) in [5, 5.41) is 51.7. The number of hydrogen-bond donors (Lipinski definition) is 6. The summed E-state index contributed by atoms with van der Waals surface area (Å²) in [6, 6.07) is 14.2. The van der Waals surface area contributed by atoms with Gasteiger partial charge in [-0.3, -0.25) is 4.79 Å². The molecule has 1 heterocycles. The molecule has 0 aliphatic carbocycles. The molecule has 1 aromatic heterocycles. The van der Waals surface area contributed by atoms with Crippen LogP contribution in [0.15, 0.2) is 48.5 Å². The first-order valence-electron chi connectivity index (χ1n) is 9.70. The van der Waals surface area contributed by atoms with Crippen molar-refractivity contribution in [2.75, 3.05) is 13.7 Å². The molecule has 0 aliphatic rings. The largest absolute Gasteiger partial charge is 0.462 e. The zero-order valence-electron chi connectivity index (χ0n) is 16.8. The summed E-state index contributed by atoms with van der Waals surface area (Å²) in [6.07, 6.45) is -6.74. The number of carbonyl (C=O) groups is 1. The highest BCUT2D eigenvalue weighted by atomic mass is 32.1. The normalized spacial score (nSPS) is 15.3. The van der Waals surface area contributed by atoms with E-state index in [-0.39, 0.29) is 24.7 Å². The zero-order chi connectivity index (χ0) is 22.5. The Kier molecular flexibility index (Phi) is 7.60. The van der Waals surface area contributed by atoms with Crippen LogP contribution in [0, 0.1) is 0 Å². The van der Waals surface area contributed by atoms with Gasteiger partial charge in [0.05, 0.1) is 6.10 Å². The number of aliphatic hydroxyl groups excluding tert-OH is 5. The molecule has 166 valence electrons. The van der Waals surface area contributed by atoms with E-state index in [9.17, 15) is 25.2 Å². The third-order valence-corrected chi connectivity index (χ3v) is 6.04. The molecule has 8 nitrogen and oxygen atoms in total. The molecule has 2 aromatic carbocycles. The van der Waals surface area contributed by atoms with Crippen molar-refractivity contribution in [1.82, 2.24) is 5.32 Å². The number of aliphatic hydroxyl groups is 5. The molecule has 0 saturated heterocycles. The lowest BCUT2D eigenvalue weighted by Crippen LogP contribution is -2.46. The molecule has 0 radical (unpaired) electrons. The maximum absolute atomic E-state index is 12.1. The molecule has 3 aromatic rings. The van der Waals surface area contributed by atoms with Crippen LogP contribution in [0.2, 0.25) is 0 Å². The fourth-order valence-electron chi connectivity index (χ4n) is 3.14. The summed E-state index contributed by atoms with van der Waals surface area (Å²) < 4.78 is 6.24. The van der Waals surface area contributed by atoms with E-state index in [4.69, 9.17) is 9.84 Å². The summed E-state index contributed by atoms with van der Waals surface area (Å²) in [6.45, 7) is -0.369. The predicted molar refractivity (Wildman–Crippen MR) is 117 cm³/mol. The van der Waals surface area contributed by atoms with Gasteiger partial charge in [0, 0.05) is 34.2 Å². The second kappa shape index (κ2) is 10.2. The second-order valence-corrected chi connectivity index (χ2v) is 8.08. The molecule has 0 aliphatic heterocycles. The van der Waals surface area contributed by atoms with E-state index in [1.165, 1.54) is 11.3 Å². The minimum atomic E-state index is -1.77. The van der Waals surface area contributed by atoms with E-state index in [1.807, 2.05) is 18.2 Å². The first kappa shape index (κ1) is 23.1. The maximum Gasteiger partial charge on any atom is 0.251 e. The van der Waals surface area contributed by atoms with E-state index >= 15 is 0 Å². The molecule has 0 fully saturated rings. The predicted octanol–water partition coefficient (Wildman–Crippen LogP) is 1.09. The number of rotatable bonds is 9. The standard InChI is InChI=1S/C22H25NO7S/c1-23-21(28)14-3-2-4-17-15(14)11-18(31-17)12-5-7-13(8-6-12)30-22(29)20(27)19(26)16(25)9-10-24/h2-8,11,16,19-20,22,24-27,29H,9-10H2,1H3,(H,23,28). The Morgan fingerprint density at radius 3 is 2.42 bits per heavy atom. The number of ether oxygens (including phenoxy) is 1. The first-order valence-corrected chi connectivity index (χ1v) is 10.5. The van der Waals surface area contributed by atoms with Gasteiger partial charge in [-0.25, -0.2) is 0 Å². The van der Waals surface area contributed by atoms with Crippen LogP contribution in [0.3, 0.4) is 0 Å². The van der Waals surface area contributed by atoms with Crippen molar-refractivity contribution in [2.45, 2.75) is 31.0 Å². The van der Waals surface area contributed by atoms with Gasteiger partial charge in [0.2, 0.25) is 6.29 Å². The third kappa shape index (κ3) is 5.21. The van der Waals surface area contributed by atoms with Crippen molar-refractivity contribution >= 4 is 27.3 Å². The molecule has 0 spiro atoms. The Balaban J connectivity index is 1.74. The van der Waals surface area contributed by atoms with Gasteiger partial charge in [0.1, 0.15) is 18.0 Å². The van der Waals surface area contributed by atoms with Crippen LogP contribution in [0.25, 0.3) is 20.5 Å². The fraction of sp³-hybridized carbons (Fsp3) is 0.318. The Morgan fingerprint density at radius 2 is 1.77 bits per heavy atom. The molecule has 4 unspecified atom stereocenters. The number of nitrogens with one attached hydrogen (secondary N) is 1. The smallest absolute Gasteiger partial charge is 0.251 e. The topological polar surface area (TPSA) is 139 Å². The molecule has 0 bridgehead atoms. The lowest BCUT2D eigenvalue weighted by molar-refractivity contribution is -0.166. The lowest BCUT2D eigenvalue weighted by Gasteiger charge is -2.26. The van der Waals surface area contributed by atoms with Gasteiger partial charge >= 0.3 is 0 Å². The molecule has 0 saturated carbocycles. The van der Waals surface area contributed by atoms with E-state index < -0.39 is 24.6 Å². The average molecular weight is 448 g/mol. The third-order valence-electron chi connectivity index (χ3n) is 4.89. The van der Waals surface area contributed by atoms with Gasteiger partial charge in [-0.05, 0) is 54.4 Å². The van der Waals surface area contributed by atoms with Gasteiger partial charge in [0.25, 0.3) is 5.91 Å². The molecule has 4 atom stereocenters. The van der Waals surface area contributed by atoms with Gasteiger partial charge < -0.3 is 35.6 Å². The number of carbonyl (C=O) groups excluding carboxylic acids is 1. The fourth-order valence-corrected chi connectivity index (χ4v) is 4.24. The van der Waals surface area contributed by atoms with Crippen LogP contribution < -0.4 is 10.1 Å². The first-order chi connectivity index (χ1) is 14.8. The minimum absolute atomic E-state index is 0.142. The van der Waals surface area contributed by atoms with Crippen molar-refractivity contribution in [3.05, 3.63) is 54.1 Å². The van der Waals surface area contributed by atoms with Crippen molar-refractivity contribution in [3.63, 3.8) is 0 Å². The monoisotopic (exact) mass is 447 g/mol. The molecule has 1 amide bonds. The zero-order valence-corrected chi connectivity index (χ0v) is 17.6. The number of amides is 1. The van der Waals surface area contributed by atoms with Crippen molar-refractivity contribution < 1.29 is 35.1 Å². The Hall–Kier alpha value is -2.53. The number of thiophene rings is 1. The van der Waals surface area contributed by atoms with E-state index in [2.05, 4.69) is 5.32 Å². The summed E-state index contributed by atoms with van der Waals surface area (Å²) in [5.74, 6) is 0.101. The summed E-state index contributed by atoms with van der Waals surface area (Å²) in [5.41, 5.74) is 1.48. The minimum Gasteiger partial charge on any atom is -0.462 e. The Bertz CT molecular complexity index is 1020. The highest BCUT2D eigenvalue weighted by molar-refractivity contribution is 7.22. The van der Waals surface area contributed by atoms with Crippen LogP contribution in [-0.2, 0) is 0 Å². The summed E-state index contributed by atoms with van der Waals surface area (Å²) in [7, 11) is 1.59. The van der Waals surface area contributed by atoms with E-state index in [1.54, 1.807) is 37.4 Å². The quantitative estimate of drug-likeness (QED) is 0.270. The van der Waals surface area contributed by atoms with Crippen molar-refractivity contribution in [2.24, 2.45) is 0 Å². The van der Waals surface area contributed by atoms with Gasteiger partial charge in [-0.1, -0.05) is 6.07 Å². The Labute approximate surface area is 183 Å². The second-order valence-electron chi connectivity index (χ2n) is 7.00. The van der Waals surface area contributed by atoms with Crippen LogP contribution in [0.1, 0.15) is 16.8 Å². The van der Waals surface area contributed by atoms with E-state index in [0.29, 0.717) is 5.56 Å². The van der Waals surface area contributed by atoms with Crippen molar-refractivity contribution in [1.29, 1.82) is 0 Å². The molecule has 9 heteroatoms. The summed E-state index contributed by atoms with van der Waals surface area (Å²) in [4.78, 5) is 13.0. The molecule has 3 rings (SSSR count). The van der Waals surface area contributed by atoms with Crippen LogP contribution in [0.4, 0.5) is 0 Å². The lowest BCUT2D eigenvalue weighted by atomic mass is 10.1. The Morgan fingerprint density at radius 1 is 1.06 bits per heavy atom. The SMILES string of the molecule is CNC(=O)c1cccc2sc(-c3ccc(OC(O)C(O)C(O)C(O)CCO)cc3)cc12. The van der Waals surface area contributed by atoms with Crippen LogP contribution in [-0.4, -0.2) is 69.7 Å². The van der Waals surface area contributed by atoms with Gasteiger partial charge in [-0.2, -0.15) is 0 Å². The van der Waals surface area contributed by atoms with Gasteiger partial charge in [0.15, 0.2) is 0 Å². The molecular formula is C22H25NO7S. The molecule has 6 N–H and O–H groups in total. The van der Waals surface area contributed by atoms with E-state index in [0.717, 1.165) is 20.5 Å². The molecular weight excluding hydrogens is 422 g/mol.